The van der Waals surface area contributed by atoms with E-state index in [4.69, 9.17) is 9.47 Å². The molecule has 4 rings (SSSR count). The number of hydrogen-bond donors (Lipinski definition) is 1. The molecule has 1 aliphatic carbocycles. The average molecular weight is 366 g/mol. The predicted octanol–water partition coefficient (Wildman–Crippen LogP) is 3.43. The lowest BCUT2D eigenvalue weighted by Crippen LogP contribution is -2.30. The molecule has 1 aliphatic heterocycles. The van der Waals surface area contributed by atoms with E-state index in [9.17, 15) is 9.59 Å². The van der Waals surface area contributed by atoms with Crippen LogP contribution in [-0.4, -0.2) is 30.1 Å². The molecular formula is C21H22N2O4. The van der Waals surface area contributed by atoms with Crippen LogP contribution >= 0.6 is 0 Å². The van der Waals surface area contributed by atoms with Gasteiger partial charge in [0.05, 0.1) is 0 Å². The van der Waals surface area contributed by atoms with Crippen molar-refractivity contribution in [2.75, 3.05) is 18.7 Å². The first kappa shape index (κ1) is 17.4. The number of hydrogen-bond acceptors (Lipinski definition) is 4. The van der Waals surface area contributed by atoms with Gasteiger partial charge in [0.2, 0.25) is 12.7 Å². The second-order valence-electron chi connectivity index (χ2n) is 6.85. The van der Waals surface area contributed by atoms with Crippen LogP contribution in [0.5, 0.6) is 11.5 Å². The first-order valence-corrected chi connectivity index (χ1v) is 9.23. The number of ether oxygens (including phenoxy) is 2. The summed E-state index contributed by atoms with van der Waals surface area (Å²) in [4.78, 5) is 26.4. The van der Waals surface area contributed by atoms with E-state index in [2.05, 4.69) is 5.32 Å². The maximum atomic E-state index is 12.8. The molecule has 6 heteroatoms. The van der Waals surface area contributed by atoms with Crippen molar-refractivity contribution in [3.05, 3.63) is 53.6 Å². The van der Waals surface area contributed by atoms with Crippen LogP contribution in [0.3, 0.4) is 0 Å². The fourth-order valence-corrected chi connectivity index (χ4v) is 3.06. The number of rotatable bonds is 6. The van der Waals surface area contributed by atoms with Gasteiger partial charge in [0.1, 0.15) is 0 Å². The van der Waals surface area contributed by atoms with Crippen molar-refractivity contribution in [3.63, 3.8) is 0 Å². The molecule has 140 valence electrons. The van der Waals surface area contributed by atoms with E-state index in [0.717, 1.165) is 29.8 Å². The third-order valence-corrected chi connectivity index (χ3v) is 4.83. The van der Waals surface area contributed by atoms with E-state index in [-0.39, 0.29) is 24.5 Å². The van der Waals surface area contributed by atoms with Gasteiger partial charge >= 0.3 is 0 Å². The number of fused-ring (bicyclic) bond motifs is 1. The predicted molar refractivity (Wildman–Crippen MR) is 101 cm³/mol. The molecule has 6 nitrogen and oxygen atoms in total. The van der Waals surface area contributed by atoms with Crippen LogP contribution in [0.1, 0.15) is 35.7 Å². The molecule has 2 aliphatic rings. The largest absolute Gasteiger partial charge is 0.454 e. The maximum absolute atomic E-state index is 12.8. The van der Waals surface area contributed by atoms with Crippen molar-refractivity contribution >= 4 is 17.5 Å². The summed E-state index contributed by atoms with van der Waals surface area (Å²) in [6, 6.07) is 12.8. The van der Waals surface area contributed by atoms with E-state index >= 15 is 0 Å². The van der Waals surface area contributed by atoms with Crippen molar-refractivity contribution in [2.24, 2.45) is 5.92 Å². The lowest BCUT2D eigenvalue weighted by Gasteiger charge is -2.21. The van der Waals surface area contributed by atoms with Gasteiger partial charge in [0.15, 0.2) is 11.5 Å². The van der Waals surface area contributed by atoms with Crippen LogP contribution < -0.4 is 14.8 Å². The Morgan fingerprint density at radius 3 is 2.52 bits per heavy atom. The van der Waals surface area contributed by atoms with E-state index in [1.54, 1.807) is 29.2 Å². The zero-order chi connectivity index (χ0) is 18.8. The Labute approximate surface area is 158 Å². The van der Waals surface area contributed by atoms with Crippen molar-refractivity contribution < 1.29 is 19.1 Å². The standard InChI is InChI=1S/C21H22N2O4/c1-2-23(12-14-3-10-18-19(11-14)27-13-26-18)21(25)16-6-8-17(9-7-16)22-20(24)15-4-5-15/h3,6-11,15H,2,4-5,12-13H2,1H3,(H,22,24). The number of carbonyl (C=O) groups is 2. The second-order valence-corrected chi connectivity index (χ2v) is 6.85. The van der Waals surface area contributed by atoms with Gasteiger partial charge in [-0.05, 0) is 61.7 Å². The van der Waals surface area contributed by atoms with Crippen LogP contribution in [0, 0.1) is 5.92 Å². The Morgan fingerprint density at radius 2 is 1.81 bits per heavy atom. The van der Waals surface area contributed by atoms with Gasteiger partial charge in [-0.3, -0.25) is 9.59 Å². The number of benzene rings is 2. The summed E-state index contributed by atoms with van der Waals surface area (Å²) >= 11 is 0. The molecule has 0 unspecified atom stereocenters. The topological polar surface area (TPSA) is 67.9 Å². The van der Waals surface area contributed by atoms with Crippen LogP contribution in [0.15, 0.2) is 42.5 Å². The molecule has 1 heterocycles. The van der Waals surface area contributed by atoms with E-state index in [0.29, 0.717) is 24.4 Å². The molecular weight excluding hydrogens is 344 g/mol. The summed E-state index contributed by atoms with van der Waals surface area (Å²) in [6.07, 6.45) is 1.93. The summed E-state index contributed by atoms with van der Waals surface area (Å²) in [5, 5.41) is 2.89. The quantitative estimate of drug-likeness (QED) is 0.851. The number of nitrogens with zero attached hydrogens (tertiary/aromatic N) is 1. The summed E-state index contributed by atoms with van der Waals surface area (Å²) in [6.45, 7) is 3.27. The lowest BCUT2D eigenvalue weighted by atomic mass is 10.1. The van der Waals surface area contributed by atoms with Crippen LogP contribution in [-0.2, 0) is 11.3 Å². The van der Waals surface area contributed by atoms with Crippen molar-refractivity contribution in [3.8, 4) is 11.5 Å². The molecule has 2 aromatic rings. The fraction of sp³-hybridized carbons (Fsp3) is 0.333. The monoisotopic (exact) mass is 366 g/mol. The molecule has 0 spiro atoms. The fourth-order valence-electron chi connectivity index (χ4n) is 3.06. The Hall–Kier alpha value is -3.02. The molecule has 0 radical (unpaired) electrons. The van der Waals surface area contributed by atoms with Gasteiger partial charge in [-0.2, -0.15) is 0 Å². The number of amides is 2. The van der Waals surface area contributed by atoms with Crippen molar-refractivity contribution in [1.29, 1.82) is 0 Å². The van der Waals surface area contributed by atoms with Gasteiger partial charge in [-0.1, -0.05) is 6.07 Å². The molecule has 0 atom stereocenters. The van der Waals surface area contributed by atoms with Gasteiger partial charge in [-0.25, -0.2) is 0 Å². The molecule has 27 heavy (non-hydrogen) atoms. The first-order chi connectivity index (χ1) is 13.1. The Kier molecular flexibility index (Phi) is 4.71. The second kappa shape index (κ2) is 7.31. The van der Waals surface area contributed by atoms with Crippen molar-refractivity contribution in [1.82, 2.24) is 4.90 Å². The summed E-state index contributed by atoms with van der Waals surface area (Å²) in [7, 11) is 0. The van der Waals surface area contributed by atoms with Gasteiger partial charge in [-0.15, -0.1) is 0 Å². The average Bonchev–Trinajstić information content (AvgIpc) is 3.44. The Bertz CT molecular complexity index is 859. The van der Waals surface area contributed by atoms with Gasteiger partial charge < -0.3 is 19.7 Å². The smallest absolute Gasteiger partial charge is 0.254 e. The minimum absolute atomic E-state index is 0.0461. The SMILES string of the molecule is CCN(Cc1ccc2c(c1)OCO2)C(=O)c1ccc(NC(=O)C2CC2)cc1. The molecule has 1 fully saturated rings. The molecule has 2 aromatic carbocycles. The summed E-state index contributed by atoms with van der Waals surface area (Å²) in [5.41, 5.74) is 2.31. The molecule has 2 amide bonds. The number of nitrogens with one attached hydrogen (secondary N) is 1. The third kappa shape index (κ3) is 3.89. The minimum Gasteiger partial charge on any atom is -0.454 e. The van der Waals surface area contributed by atoms with E-state index in [1.807, 2.05) is 25.1 Å². The molecule has 0 aromatic heterocycles. The Morgan fingerprint density at radius 1 is 1.07 bits per heavy atom. The third-order valence-electron chi connectivity index (χ3n) is 4.83. The summed E-state index contributed by atoms with van der Waals surface area (Å²) < 4.78 is 10.7. The van der Waals surface area contributed by atoms with Gasteiger partial charge in [0.25, 0.3) is 5.91 Å². The van der Waals surface area contributed by atoms with Crippen LogP contribution in [0.25, 0.3) is 0 Å². The van der Waals surface area contributed by atoms with Gasteiger partial charge in [0, 0.05) is 30.3 Å². The van der Waals surface area contributed by atoms with Crippen LogP contribution in [0.4, 0.5) is 5.69 Å². The Balaban J connectivity index is 1.42. The molecule has 0 bridgehead atoms. The zero-order valence-corrected chi connectivity index (χ0v) is 15.2. The highest BCUT2D eigenvalue weighted by Crippen LogP contribution is 2.33. The minimum atomic E-state index is -0.0461. The zero-order valence-electron chi connectivity index (χ0n) is 15.2. The van der Waals surface area contributed by atoms with Crippen molar-refractivity contribution in [2.45, 2.75) is 26.3 Å². The van der Waals surface area contributed by atoms with E-state index in [1.165, 1.54) is 0 Å². The normalized spacial score (nSPS) is 14.7. The highest BCUT2D eigenvalue weighted by atomic mass is 16.7. The highest BCUT2D eigenvalue weighted by Gasteiger charge is 2.29. The number of carbonyl (C=O) groups excluding carboxylic acids is 2. The number of anilines is 1. The van der Waals surface area contributed by atoms with E-state index < -0.39 is 0 Å². The first-order valence-electron chi connectivity index (χ1n) is 9.23. The molecule has 1 N–H and O–H groups in total. The lowest BCUT2D eigenvalue weighted by molar-refractivity contribution is -0.117. The maximum Gasteiger partial charge on any atom is 0.254 e. The van der Waals surface area contributed by atoms with Crippen LogP contribution in [0.2, 0.25) is 0 Å². The molecule has 1 saturated carbocycles. The highest BCUT2D eigenvalue weighted by molar-refractivity contribution is 5.96. The summed E-state index contributed by atoms with van der Waals surface area (Å²) in [5.74, 6) is 1.62. The molecule has 0 saturated heterocycles.